The fourth-order valence-electron chi connectivity index (χ4n) is 3.17. The van der Waals surface area contributed by atoms with Gasteiger partial charge in [0.05, 0.1) is 18.8 Å². The second-order valence-corrected chi connectivity index (χ2v) is 8.17. The first-order valence-electron chi connectivity index (χ1n) is 9.17. The summed E-state index contributed by atoms with van der Waals surface area (Å²) >= 11 is 0. The van der Waals surface area contributed by atoms with Crippen molar-refractivity contribution in [3.8, 4) is 5.75 Å². The van der Waals surface area contributed by atoms with E-state index >= 15 is 0 Å². The Morgan fingerprint density at radius 1 is 1.26 bits per heavy atom. The molecule has 0 saturated carbocycles. The molecule has 1 aliphatic rings. The van der Waals surface area contributed by atoms with Crippen LogP contribution in [0.5, 0.6) is 5.75 Å². The number of amides is 1. The van der Waals surface area contributed by atoms with Gasteiger partial charge in [0, 0.05) is 11.6 Å². The number of phenolic OH excluding ortho intramolecular Hbond substituents is 1. The van der Waals surface area contributed by atoms with E-state index in [0.717, 1.165) is 18.5 Å². The Morgan fingerprint density at radius 3 is 2.71 bits per heavy atom. The average Bonchev–Trinajstić information content (AvgIpc) is 3.29. The number of benzene rings is 1. The second-order valence-electron chi connectivity index (χ2n) is 6.90. The third-order valence-electron chi connectivity index (χ3n) is 4.76. The first kappa shape index (κ1) is 26.2. The minimum absolute atomic E-state index is 0. The number of halogens is 1. The number of rotatable bonds is 6. The average molecular weight is 506 g/mol. The molecular formula is C17H16FN6NaO8S. The first-order valence-corrected chi connectivity index (χ1v) is 10.5. The van der Waals surface area contributed by atoms with Gasteiger partial charge in [-0.3, -0.25) is 8.75 Å². The van der Waals surface area contributed by atoms with Gasteiger partial charge in [0.25, 0.3) is 0 Å². The molecule has 1 aliphatic heterocycles. The van der Waals surface area contributed by atoms with Crippen molar-refractivity contribution in [1.82, 2.24) is 19.5 Å². The number of nitrogens with zero attached hydrogens (tertiary/aromatic N) is 5. The Hall–Kier alpha value is -2.44. The number of nitrogens with two attached hydrogens (primary N) is 1. The van der Waals surface area contributed by atoms with Crippen LogP contribution >= 0.6 is 0 Å². The first-order chi connectivity index (χ1) is 15.6. The maximum atomic E-state index is 13.0. The Bertz CT molecular complexity index is 1320. The summed E-state index contributed by atoms with van der Waals surface area (Å²) in [5, 5.41) is 30.2. The van der Waals surface area contributed by atoms with E-state index in [0.29, 0.717) is 6.07 Å². The zero-order valence-electron chi connectivity index (χ0n) is 17.4. The molecule has 0 aliphatic carbocycles. The number of nitrogen functional groups attached to an aromatic ring is 1. The summed E-state index contributed by atoms with van der Waals surface area (Å²) in [6.07, 6.45) is -3.26. The Kier molecular flexibility index (Phi) is 7.73. The number of aliphatic hydroxyl groups excluding tert-OH is 2. The third kappa shape index (κ3) is 5.13. The number of imidazole rings is 1. The summed E-state index contributed by atoms with van der Waals surface area (Å²) in [4.78, 5) is 23.8. The fourth-order valence-corrected chi connectivity index (χ4v) is 3.83. The molecule has 0 radical (unpaired) electrons. The van der Waals surface area contributed by atoms with Crippen molar-refractivity contribution in [3.63, 3.8) is 0 Å². The van der Waals surface area contributed by atoms with E-state index in [1.807, 2.05) is 0 Å². The number of carbonyl (C=O) groups is 1. The molecule has 1 fully saturated rings. The summed E-state index contributed by atoms with van der Waals surface area (Å²) in [5.41, 5.74) is 5.58. The van der Waals surface area contributed by atoms with Gasteiger partial charge in [-0.25, -0.2) is 27.8 Å². The Morgan fingerprint density at radius 2 is 2.00 bits per heavy atom. The number of aliphatic hydroxyl groups is 2. The van der Waals surface area contributed by atoms with Crippen molar-refractivity contribution >= 4 is 33.2 Å². The standard InChI is InChI=1S/C17H17FN6O8S.Na/c18-7-1-2-8(9(25)3-7)16(28)23-33(29,30)31-4-10-12(26)13(27)17(32-10)24-6-22-11-14(19)20-5-21-15(11)24;/h1-3,5-6,10,12-13,17,26-27H,4H2,(H4,19,20,21,23,25,28);/q;+1/p-1/t10-,12-,13-,17-;/m1./s1. The van der Waals surface area contributed by atoms with Crippen LogP contribution in [0.1, 0.15) is 16.6 Å². The molecule has 3 heterocycles. The Balaban J connectivity index is 0.00000324. The predicted octanol–water partition coefficient (Wildman–Crippen LogP) is -3.65. The molecule has 3 aromatic rings. The Labute approximate surface area is 213 Å². The van der Waals surface area contributed by atoms with Crippen molar-refractivity contribution < 1.29 is 71.4 Å². The molecule has 0 spiro atoms. The molecule has 34 heavy (non-hydrogen) atoms. The molecule has 14 nitrogen and oxygen atoms in total. The van der Waals surface area contributed by atoms with Crippen LogP contribution < -0.4 is 35.3 Å². The number of aromatic nitrogens is 4. The van der Waals surface area contributed by atoms with Crippen LogP contribution in [0.2, 0.25) is 0 Å². The van der Waals surface area contributed by atoms with E-state index in [1.54, 1.807) is 0 Å². The van der Waals surface area contributed by atoms with Gasteiger partial charge in [-0.2, -0.15) is 0 Å². The van der Waals surface area contributed by atoms with E-state index in [1.165, 1.54) is 10.9 Å². The minimum Gasteiger partial charge on any atom is -0.518 e. The van der Waals surface area contributed by atoms with Gasteiger partial charge in [-0.1, -0.05) is 0 Å². The number of anilines is 1. The van der Waals surface area contributed by atoms with E-state index in [9.17, 15) is 32.9 Å². The normalized spacial score (nSPS) is 22.4. The molecule has 176 valence electrons. The minimum atomic E-state index is -4.85. The molecule has 1 amide bonds. The van der Waals surface area contributed by atoms with Gasteiger partial charge in [0.2, 0.25) is 10.3 Å². The van der Waals surface area contributed by atoms with Crippen molar-refractivity contribution in [2.75, 3.05) is 12.3 Å². The van der Waals surface area contributed by atoms with Gasteiger partial charge < -0.3 is 35.3 Å². The van der Waals surface area contributed by atoms with Crippen LogP contribution in [0.25, 0.3) is 15.9 Å². The van der Waals surface area contributed by atoms with Crippen molar-refractivity contribution in [1.29, 1.82) is 0 Å². The summed E-state index contributed by atoms with van der Waals surface area (Å²) in [7, 11) is -4.85. The largest absolute Gasteiger partial charge is 1.00 e. The number of hydrogen-bond donors (Lipinski definition) is 4. The van der Waals surface area contributed by atoms with E-state index in [4.69, 9.17) is 10.5 Å². The topological polar surface area (TPSA) is 214 Å². The second kappa shape index (κ2) is 10.0. The number of phenols is 1. The van der Waals surface area contributed by atoms with Crippen LogP contribution in [0.15, 0.2) is 30.9 Å². The molecule has 17 heteroatoms. The van der Waals surface area contributed by atoms with Crippen LogP contribution in [0.4, 0.5) is 10.2 Å². The number of carbonyl (C=O) groups excluding carboxylic acids is 1. The monoisotopic (exact) mass is 506 g/mol. The molecule has 1 saturated heterocycles. The number of hydrogen-bond acceptors (Lipinski definition) is 12. The molecule has 5 N–H and O–H groups in total. The molecule has 0 bridgehead atoms. The maximum absolute atomic E-state index is 13.0. The summed E-state index contributed by atoms with van der Waals surface area (Å²) in [6.45, 7) is -0.813. The molecule has 1 aromatic carbocycles. The zero-order chi connectivity index (χ0) is 23.9. The molecule has 4 rings (SSSR count). The SMILES string of the molecule is Nc1ncnc2c1ncn2[C@@H]1O[C@H](COS(=O)(=O)[N-]C(=O)c2ccc(F)cc2O)[C@@H](O)[C@H]1O.[Na+]. The predicted molar refractivity (Wildman–Crippen MR) is 106 cm³/mol. The number of ether oxygens (including phenoxy) is 1. The van der Waals surface area contributed by atoms with Gasteiger partial charge in [-0.15, -0.1) is 0 Å². The van der Waals surface area contributed by atoms with E-state index in [2.05, 4.69) is 23.9 Å². The molecule has 4 atom stereocenters. The van der Waals surface area contributed by atoms with Gasteiger partial charge >= 0.3 is 29.6 Å². The van der Waals surface area contributed by atoms with E-state index in [-0.39, 0.29) is 46.5 Å². The van der Waals surface area contributed by atoms with Crippen molar-refractivity contribution in [3.05, 3.63) is 47.0 Å². The van der Waals surface area contributed by atoms with E-state index < -0.39 is 64.5 Å². The zero-order valence-corrected chi connectivity index (χ0v) is 20.2. The van der Waals surface area contributed by atoms with Crippen molar-refractivity contribution in [2.45, 2.75) is 24.5 Å². The van der Waals surface area contributed by atoms with Gasteiger partial charge in [-0.05, 0) is 12.1 Å². The number of aromatic hydroxyl groups is 1. The molecule has 0 unspecified atom stereocenters. The molecular weight excluding hydrogens is 490 g/mol. The summed E-state index contributed by atoms with van der Waals surface area (Å²) in [5.74, 6) is -2.98. The van der Waals surface area contributed by atoms with Crippen LogP contribution in [-0.2, 0) is 19.2 Å². The van der Waals surface area contributed by atoms with Crippen LogP contribution in [0, 0.1) is 5.82 Å². The van der Waals surface area contributed by atoms with Crippen LogP contribution in [-0.4, -0.2) is 74.1 Å². The fraction of sp³-hybridized carbons (Fsp3) is 0.294. The van der Waals surface area contributed by atoms with Crippen molar-refractivity contribution in [2.24, 2.45) is 0 Å². The summed E-state index contributed by atoms with van der Waals surface area (Å²) < 4.78 is 51.4. The quantitative estimate of drug-likeness (QED) is 0.238. The van der Waals surface area contributed by atoms with Crippen LogP contribution in [0.3, 0.4) is 0 Å². The summed E-state index contributed by atoms with van der Waals surface area (Å²) in [6, 6.07) is 2.29. The maximum Gasteiger partial charge on any atom is 1.00 e. The van der Waals surface area contributed by atoms with Gasteiger partial charge in [0.1, 0.15) is 41.7 Å². The molecule has 2 aromatic heterocycles. The smallest absolute Gasteiger partial charge is 0.518 e. The van der Waals surface area contributed by atoms with Gasteiger partial charge in [0.15, 0.2) is 17.7 Å². The third-order valence-corrected chi connectivity index (χ3v) is 5.59. The number of fused-ring (bicyclic) bond motifs is 1.